The number of aromatic nitrogens is 4. The van der Waals surface area contributed by atoms with Crippen molar-refractivity contribution in [3.8, 4) is 17.3 Å². The fourth-order valence-corrected chi connectivity index (χ4v) is 3.40. The molecule has 0 spiro atoms. The highest BCUT2D eigenvalue weighted by Crippen LogP contribution is 2.24. The Morgan fingerprint density at radius 2 is 2.17 bits per heavy atom. The quantitative estimate of drug-likeness (QED) is 0.586. The molecule has 8 heteroatoms. The molecule has 1 amide bonds. The molecule has 0 radical (unpaired) electrons. The van der Waals surface area contributed by atoms with Gasteiger partial charge in [-0.15, -0.1) is 0 Å². The van der Waals surface area contributed by atoms with Crippen LogP contribution in [-0.4, -0.2) is 31.3 Å². The molecule has 1 atom stereocenters. The Labute approximate surface area is 181 Å². The number of nitriles is 1. The van der Waals surface area contributed by atoms with E-state index in [2.05, 4.69) is 22.3 Å². The summed E-state index contributed by atoms with van der Waals surface area (Å²) in [7, 11) is 0. The second-order valence-corrected chi connectivity index (χ2v) is 7.73. The molecule has 2 aromatic heterocycles. The molecular formula is C22H25ClN6O. The third kappa shape index (κ3) is 5.08. The van der Waals surface area contributed by atoms with Gasteiger partial charge in [-0.2, -0.15) is 10.4 Å². The maximum atomic E-state index is 12.6. The van der Waals surface area contributed by atoms with E-state index in [1.54, 1.807) is 16.8 Å². The van der Waals surface area contributed by atoms with Gasteiger partial charge in [0.2, 0.25) is 0 Å². The van der Waals surface area contributed by atoms with Gasteiger partial charge in [0, 0.05) is 30.5 Å². The average molecular weight is 425 g/mol. The predicted octanol–water partition coefficient (Wildman–Crippen LogP) is 4.20. The van der Waals surface area contributed by atoms with Crippen LogP contribution in [0.15, 0.2) is 36.7 Å². The number of nitrogens with zero attached hydrogens (tertiary/aromatic N) is 5. The van der Waals surface area contributed by atoms with Gasteiger partial charge in [-0.1, -0.05) is 31.0 Å². The zero-order valence-electron chi connectivity index (χ0n) is 17.4. The minimum absolute atomic E-state index is 0.129. The van der Waals surface area contributed by atoms with E-state index < -0.39 is 0 Å². The lowest BCUT2D eigenvalue weighted by molar-refractivity contribution is 0.0931. The van der Waals surface area contributed by atoms with Gasteiger partial charge in [-0.3, -0.25) is 9.48 Å². The van der Waals surface area contributed by atoms with Crippen LogP contribution in [0, 0.1) is 18.3 Å². The van der Waals surface area contributed by atoms with Crippen molar-refractivity contribution in [2.24, 2.45) is 0 Å². The molecule has 0 saturated heterocycles. The first-order valence-corrected chi connectivity index (χ1v) is 10.4. The fourth-order valence-electron chi connectivity index (χ4n) is 3.18. The lowest BCUT2D eigenvalue weighted by atomic mass is 10.1. The second kappa shape index (κ2) is 9.59. The summed E-state index contributed by atoms with van der Waals surface area (Å²) >= 11 is 6.11. The van der Waals surface area contributed by atoms with Gasteiger partial charge >= 0.3 is 0 Å². The molecule has 0 aliphatic carbocycles. The van der Waals surface area contributed by atoms with E-state index in [1.807, 2.05) is 49.0 Å². The maximum absolute atomic E-state index is 12.6. The lowest BCUT2D eigenvalue weighted by Crippen LogP contribution is -2.36. The summed E-state index contributed by atoms with van der Waals surface area (Å²) in [4.78, 5) is 16.9. The van der Waals surface area contributed by atoms with E-state index in [4.69, 9.17) is 16.9 Å². The van der Waals surface area contributed by atoms with Gasteiger partial charge in [0.25, 0.3) is 5.91 Å². The van der Waals surface area contributed by atoms with E-state index in [0.717, 1.165) is 36.5 Å². The molecule has 7 nitrogen and oxygen atoms in total. The molecule has 1 aromatic carbocycles. The van der Waals surface area contributed by atoms with E-state index in [-0.39, 0.29) is 11.9 Å². The minimum Gasteiger partial charge on any atom is -0.346 e. The van der Waals surface area contributed by atoms with Crippen LogP contribution >= 0.6 is 11.6 Å². The van der Waals surface area contributed by atoms with Crippen molar-refractivity contribution in [3.05, 3.63) is 58.8 Å². The van der Waals surface area contributed by atoms with Gasteiger partial charge in [0.15, 0.2) is 0 Å². The first-order valence-electron chi connectivity index (χ1n) is 9.99. The Balaban J connectivity index is 1.62. The number of carbonyl (C=O) groups is 1. The molecule has 0 aliphatic rings. The largest absolute Gasteiger partial charge is 0.346 e. The van der Waals surface area contributed by atoms with Crippen LogP contribution in [-0.2, 0) is 13.1 Å². The second-order valence-electron chi connectivity index (χ2n) is 7.32. The zero-order valence-corrected chi connectivity index (χ0v) is 18.1. The smallest absolute Gasteiger partial charge is 0.271 e. The van der Waals surface area contributed by atoms with Crippen LogP contribution < -0.4 is 5.32 Å². The zero-order chi connectivity index (χ0) is 21.7. The van der Waals surface area contributed by atoms with Crippen molar-refractivity contribution >= 4 is 17.5 Å². The Morgan fingerprint density at radius 1 is 1.37 bits per heavy atom. The average Bonchev–Trinajstić information content (AvgIpc) is 3.32. The van der Waals surface area contributed by atoms with Gasteiger partial charge in [0.05, 0.1) is 22.8 Å². The SMILES string of the molecule is CCCCn1cc(C(=O)NC(C)Cn2ccc(-c3ccc(C#N)c(Cl)c3)n2)nc1C. The maximum Gasteiger partial charge on any atom is 0.271 e. The van der Waals surface area contributed by atoms with Gasteiger partial charge in [-0.05, 0) is 38.5 Å². The first-order chi connectivity index (χ1) is 14.4. The highest BCUT2D eigenvalue weighted by atomic mass is 35.5. The predicted molar refractivity (Wildman–Crippen MR) is 116 cm³/mol. The van der Waals surface area contributed by atoms with Crippen molar-refractivity contribution < 1.29 is 4.79 Å². The number of nitrogens with one attached hydrogen (secondary N) is 1. The molecule has 3 rings (SSSR count). The Hall–Kier alpha value is -3.11. The Morgan fingerprint density at radius 3 is 2.87 bits per heavy atom. The molecule has 3 aromatic rings. The number of benzene rings is 1. The number of imidazole rings is 1. The minimum atomic E-state index is -0.188. The summed E-state index contributed by atoms with van der Waals surface area (Å²) in [5.74, 6) is 0.658. The van der Waals surface area contributed by atoms with Crippen LogP contribution in [0.5, 0.6) is 0 Å². The van der Waals surface area contributed by atoms with E-state index in [0.29, 0.717) is 22.8 Å². The van der Waals surface area contributed by atoms with E-state index >= 15 is 0 Å². The monoisotopic (exact) mass is 424 g/mol. The standard InChI is InChI=1S/C22H25ClN6O/c1-4-5-9-28-14-21(26-16(28)3)22(30)25-15(2)13-29-10-8-20(27-29)17-6-7-18(12-24)19(23)11-17/h6-8,10-11,14-15H,4-5,9,13H2,1-3H3,(H,25,30). The van der Waals surface area contributed by atoms with Gasteiger partial charge < -0.3 is 9.88 Å². The summed E-state index contributed by atoms with van der Waals surface area (Å²) in [5.41, 5.74) is 2.46. The number of aryl methyl sites for hydroxylation is 2. The van der Waals surface area contributed by atoms with Crippen molar-refractivity contribution in [2.45, 2.75) is 52.7 Å². The lowest BCUT2D eigenvalue weighted by Gasteiger charge is -2.13. The van der Waals surface area contributed by atoms with Crippen molar-refractivity contribution in [1.82, 2.24) is 24.6 Å². The Kier molecular flexibility index (Phi) is 6.91. The molecule has 156 valence electrons. The molecule has 1 N–H and O–H groups in total. The van der Waals surface area contributed by atoms with Crippen LogP contribution in [0.4, 0.5) is 0 Å². The number of halogens is 1. The van der Waals surface area contributed by atoms with Crippen LogP contribution in [0.3, 0.4) is 0 Å². The van der Waals surface area contributed by atoms with Crippen LogP contribution in [0.25, 0.3) is 11.3 Å². The van der Waals surface area contributed by atoms with Gasteiger partial charge in [0.1, 0.15) is 17.6 Å². The number of amides is 1. The van der Waals surface area contributed by atoms with Gasteiger partial charge in [-0.25, -0.2) is 4.98 Å². The highest BCUT2D eigenvalue weighted by molar-refractivity contribution is 6.32. The third-order valence-corrected chi connectivity index (χ3v) is 5.14. The molecule has 0 bridgehead atoms. The highest BCUT2D eigenvalue weighted by Gasteiger charge is 2.15. The van der Waals surface area contributed by atoms with Crippen molar-refractivity contribution in [2.75, 3.05) is 0 Å². The number of carbonyl (C=O) groups excluding carboxylic acids is 1. The summed E-state index contributed by atoms with van der Waals surface area (Å²) in [5, 5.41) is 16.9. The number of unbranched alkanes of at least 4 members (excludes halogenated alkanes) is 1. The van der Waals surface area contributed by atoms with Crippen molar-refractivity contribution in [1.29, 1.82) is 5.26 Å². The fraction of sp³-hybridized carbons (Fsp3) is 0.364. The Bertz CT molecular complexity index is 1080. The number of rotatable bonds is 8. The summed E-state index contributed by atoms with van der Waals surface area (Å²) < 4.78 is 3.79. The topological polar surface area (TPSA) is 88.5 Å². The molecule has 0 fully saturated rings. The molecule has 0 saturated carbocycles. The molecular weight excluding hydrogens is 400 g/mol. The number of hydrogen-bond acceptors (Lipinski definition) is 4. The summed E-state index contributed by atoms with van der Waals surface area (Å²) in [6, 6.07) is 9.03. The first kappa shape index (κ1) is 21.6. The third-order valence-electron chi connectivity index (χ3n) is 4.83. The van der Waals surface area contributed by atoms with Crippen LogP contribution in [0.2, 0.25) is 5.02 Å². The van der Waals surface area contributed by atoms with Crippen LogP contribution in [0.1, 0.15) is 48.6 Å². The van der Waals surface area contributed by atoms with E-state index in [9.17, 15) is 4.79 Å². The van der Waals surface area contributed by atoms with E-state index in [1.165, 1.54) is 0 Å². The molecule has 1 unspecified atom stereocenters. The normalized spacial score (nSPS) is 11.8. The summed E-state index contributed by atoms with van der Waals surface area (Å²) in [6.45, 7) is 7.37. The van der Waals surface area contributed by atoms with Crippen molar-refractivity contribution in [3.63, 3.8) is 0 Å². The molecule has 0 aliphatic heterocycles. The number of hydrogen-bond donors (Lipinski definition) is 1. The molecule has 2 heterocycles. The summed E-state index contributed by atoms with van der Waals surface area (Å²) in [6.07, 6.45) is 5.82. The molecule has 30 heavy (non-hydrogen) atoms.